The fourth-order valence-corrected chi connectivity index (χ4v) is 2.21. The molecule has 1 aliphatic rings. The minimum absolute atomic E-state index is 0.173. The maximum Gasteiger partial charge on any atom is 0.0984 e. The van der Waals surface area contributed by atoms with Crippen LogP contribution in [0.5, 0.6) is 0 Å². The number of benzene rings is 1. The van der Waals surface area contributed by atoms with E-state index in [1.165, 1.54) is 5.56 Å². The van der Waals surface area contributed by atoms with Gasteiger partial charge in [-0.25, -0.2) is 0 Å². The molecule has 4 heteroatoms. The van der Waals surface area contributed by atoms with Crippen LogP contribution in [-0.4, -0.2) is 36.5 Å². The highest BCUT2D eigenvalue weighted by molar-refractivity contribution is 5.80. The first kappa shape index (κ1) is 13.1. The molecule has 0 spiro atoms. The molecule has 1 fully saturated rings. The van der Waals surface area contributed by atoms with Gasteiger partial charge in [-0.05, 0) is 12.0 Å². The summed E-state index contributed by atoms with van der Waals surface area (Å²) < 4.78 is 5.87. The SMILES string of the molecule is N=C1CC(OCc2ccccc2)CCN1CCN. The molecular weight excluding hydrogens is 226 g/mol. The minimum atomic E-state index is 0.173. The Bertz CT molecular complexity index is 380. The van der Waals surface area contributed by atoms with E-state index in [-0.39, 0.29) is 6.10 Å². The van der Waals surface area contributed by atoms with E-state index in [0.717, 1.165) is 19.5 Å². The second kappa shape index (κ2) is 6.52. The van der Waals surface area contributed by atoms with Gasteiger partial charge in [0.1, 0.15) is 0 Å². The topological polar surface area (TPSA) is 62.3 Å². The van der Waals surface area contributed by atoms with E-state index in [1.54, 1.807) is 0 Å². The number of amidine groups is 1. The molecule has 0 aromatic heterocycles. The molecule has 1 heterocycles. The molecule has 1 aromatic carbocycles. The van der Waals surface area contributed by atoms with Crippen molar-refractivity contribution in [2.45, 2.75) is 25.6 Å². The Kier molecular flexibility index (Phi) is 4.73. The van der Waals surface area contributed by atoms with Crippen LogP contribution in [0.3, 0.4) is 0 Å². The number of nitrogens with two attached hydrogens (primary N) is 1. The third-order valence-electron chi connectivity index (χ3n) is 3.25. The number of nitrogens with zero attached hydrogens (tertiary/aromatic N) is 1. The van der Waals surface area contributed by atoms with Crippen LogP contribution in [0.15, 0.2) is 30.3 Å². The molecule has 1 saturated heterocycles. The molecule has 0 radical (unpaired) electrons. The van der Waals surface area contributed by atoms with E-state index in [9.17, 15) is 0 Å². The lowest BCUT2D eigenvalue weighted by Gasteiger charge is -2.33. The van der Waals surface area contributed by atoms with Crippen molar-refractivity contribution in [3.63, 3.8) is 0 Å². The molecule has 0 bridgehead atoms. The largest absolute Gasteiger partial charge is 0.373 e. The molecule has 1 aromatic rings. The molecule has 0 saturated carbocycles. The Morgan fingerprint density at radius 1 is 1.33 bits per heavy atom. The lowest BCUT2D eigenvalue weighted by atomic mass is 10.1. The summed E-state index contributed by atoms with van der Waals surface area (Å²) >= 11 is 0. The van der Waals surface area contributed by atoms with Crippen LogP contribution < -0.4 is 5.73 Å². The maximum atomic E-state index is 7.95. The molecule has 3 N–H and O–H groups in total. The van der Waals surface area contributed by atoms with Crippen molar-refractivity contribution in [1.29, 1.82) is 5.41 Å². The van der Waals surface area contributed by atoms with Crippen molar-refractivity contribution < 1.29 is 4.74 Å². The fraction of sp³-hybridized carbons (Fsp3) is 0.500. The van der Waals surface area contributed by atoms with Crippen LogP contribution >= 0.6 is 0 Å². The predicted octanol–water partition coefficient (Wildman–Crippen LogP) is 1.60. The van der Waals surface area contributed by atoms with E-state index in [0.29, 0.717) is 25.4 Å². The van der Waals surface area contributed by atoms with Crippen molar-refractivity contribution in [2.24, 2.45) is 5.73 Å². The number of rotatable bonds is 5. The summed E-state index contributed by atoms with van der Waals surface area (Å²) in [6.07, 6.45) is 1.86. The van der Waals surface area contributed by atoms with E-state index < -0.39 is 0 Å². The summed E-state index contributed by atoms with van der Waals surface area (Å²) in [6.45, 7) is 2.91. The molecular formula is C14H21N3O. The molecule has 98 valence electrons. The van der Waals surface area contributed by atoms with Gasteiger partial charge in [0, 0.05) is 26.1 Å². The quantitative estimate of drug-likeness (QED) is 0.831. The third kappa shape index (κ3) is 3.55. The molecule has 1 atom stereocenters. The number of piperidine rings is 1. The first-order chi connectivity index (χ1) is 8.79. The molecule has 18 heavy (non-hydrogen) atoms. The van der Waals surface area contributed by atoms with Crippen LogP contribution in [0.1, 0.15) is 18.4 Å². The van der Waals surface area contributed by atoms with Crippen LogP contribution in [0, 0.1) is 5.41 Å². The average Bonchev–Trinajstić information content (AvgIpc) is 2.41. The minimum Gasteiger partial charge on any atom is -0.373 e. The van der Waals surface area contributed by atoms with Gasteiger partial charge in [-0.15, -0.1) is 0 Å². The lowest BCUT2D eigenvalue weighted by Crippen LogP contribution is -2.43. The highest BCUT2D eigenvalue weighted by atomic mass is 16.5. The van der Waals surface area contributed by atoms with Gasteiger partial charge in [-0.2, -0.15) is 0 Å². The zero-order chi connectivity index (χ0) is 12.8. The van der Waals surface area contributed by atoms with Gasteiger partial charge in [-0.3, -0.25) is 5.41 Å². The first-order valence-electron chi connectivity index (χ1n) is 6.47. The lowest BCUT2D eigenvalue weighted by molar-refractivity contribution is 0.0260. The van der Waals surface area contributed by atoms with E-state index in [1.807, 2.05) is 23.1 Å². The summed E-state index contributed by atoms with van der Waals surface area (Å²) in [6, 6.07) is 10.2. The number of hydrogen-bond donors (Lipinski definition) is 2. The number of hydrogen-bond acceptors (Lipinski definition) is 3. The molecule has 2 rings (SSSR count). The first-order valence-corrected chi connectivity index (χ1v) is 6.47. The second-order valence-electron chi connectivity index (χ2n) is 4.63. The molecule has 4 nitrogen and oxygen atoms in total. The smallest absolute Gasteiger partial charge is 0.0984 e. The van der Waals surface area contributed by atoms with Gasteiger partial charge < -0.3 is 15.4 Å². The van der Waals surface area contributed by atoms with Crippen molar-refractivity contribution in [3.8, 4) is 0 Å². The molecule has 1 aliphatic heterocycles. The molecule has 1 unspecified atom stereocenters. The Balaban J connectivity index is 1.77. The van der Waals surface area contributed by atoms with Gasteiger partial charge in [0.25, 0.3) is 0 Å². The Labute approximate surface area is 108 Å². The van der Waals surface area contributed by atoms with Crippen molar-refractivity contribution in [3.05, 3.63) is 35.9 Å². The normalized spacial score (nSPS) is 20.2. The van der Waals surface area contributed by atoms with Gasteiger partial charge >= 0.3 is 0 Å². The molecule has 0 aliphatic carbocycles. The molecule has 0 amide bonds. The van der Waals surface area contributed by atoms with Crippen LogP contribution in [0.2, 0.25) is 0 Å². The number of nitrogens with one attached hydrogen (secondary N) is 1. The number of ether oxygens (including phenoxy) is 1. The average molecular weight is 247 g/mol. The van der Waals surface area contributed by atoms with Crippen molar-refractivity contribution in [1.82, 2.24) is 4.90 Å². The van der Waals surface area contributed by atoms with Crippen LogP contribution in [0.25, 0.3) is 0 Å². The number of likely N-dealkylation sites (tertiary alicyclic amines) is 1. The summed E-state index contributed by atoms with van der Waals surface area (Å²) in [4.78, 5) is 2.04. The summed E-state index contributed by atoms with van der Waals surface area (Å²) in [7, 11) is 0. The van der Waals surface area contributed by atoms with Crippen molar-refractivity contribution >= 4 is 5.84 Å². The highest BCUT2D eigenvalue weighted by Crippen LogP contribution is 2.16. The van der Waals surface area contributed by atoms with Gasteiger partial charge in [0.05, 0.1) is 18.5 Å². The Morgan fingerprint density at radius 3 is 2.78 bits per heavy atom. The van der Waals surface area contributed by atoms with Crippen LogP contribution in [-0.2, 0) is 11.3 Å². The summed E-state index contributed by atoms with van der Waals surface area (Å²) in [5.41, 5.74) is 6.71. The summed E-state index contributed by atoms with van der Waals surface area (Å²) in [5, 5.41) is 7.95. The standard InChI is InChI=1S/C14H21N3O/c15-7-9-17-8-6-13(10-14(17)16)18-11-12-4-2-1-3-5-12/h1-5,13,16H,6-11,15H2. The van der Waals surface area contributed by atoms with E-state index in [4.69, 9.17) is 15.9 Å². The van der Waals surface area contributed by atoms with Crippen LogP contribution in [0.4, 0.5) is 0 Å². The van der Waals surface area contributed by atoms with Gasteiger partial charge in [0.15, 0.2) is 0 Å². The Morgan fingerprint density at radius 2 is 2.11 bits per heavy atom. The van der Waals surface area contributed by atoms with E-state index >= 15 is 0 Å². The third-order valence-corrected chi connectivity index (χ3v) is 3.25. The van der Waals surface area contributed by atoms with Gasteiger partial charge in [-0.1, -0.05) is 30.3 Å². The van der Waals surface area contributed by atoms with Crippen molar-refractivity contribution in [2.75, 3.05) is 19.6 Å². The maximum absolute atomic E-state index is 7.95. The predicted molar refractivity (Wildman–Crippen MR) is 72.6 cm³/mol. The highest BCUT2D eigenvalue weighted by Gasteiger charge is 2.22. The Hall–Kier alpha value is -1.39. The monoisotopic (exact) mass is 247 g/mol. The fourth-order valence-electron chi connectivity index (χ4n) is 2.21. The summed E-state index contributed by atoms with van der Waals surface area (Å²) in [5.74, 6) is 0.657. The van der Waals surface area contributed by atoms with Gasteiger partial charge in [0.2, 0.25) is 0 Å². The second-order valence-corrected chi connectivity index (χ2v) is 4.63. The zero-order valence-electron chi connectivity index (χ0n) is 10.6. The zero-order valence-corrected chi connectivity index (χ0v) is 10.6. The van der Waals surface area contributed by atoms with E-state index in [2.05, 4.69) is 12.1 Å².